The first kappa shape index (κ1) is 27.7. The molecule has 2 N–H and O–H groups in total. The minimum Gasteiger partial charge on any atom is -0.484 e. The summed E-state index contributed by atoms with van der Waals surface area (Å²) in [6.07, 6.45) is 1.59. The van der Waals surface area contributed by atoms with Gasteiger partial charge in [0.25, 0.3) is 17.1 Å². The van der Waals surface area contributed by atoms with Crippen molar-refractivity contribution in [1.82, 2.24) is 4.90 Å². The zero-order valence-corrected chi connectivity index (χ0v) is 23.0. The number of rotatable bonds is 8. The average molecular weight is 544 g/mol. The molecule has 0 bridgehead atoms. The van der Waals surface area contributed by atoms with Crippen LogP contribution < -0.4 is 15.4 Å². The molecule has 4 amide bonds. The van der Waals surface area contributed by atoms with E-state index in [9.17, 15) is 19.2 Å². The number of nitrogens with one attached hydrogen (secondary N) is 2. The van der Waals surface area contributed by atoms with Gasteiger partial charge in [-0.15, -0.1) is 0 Å². The van der Waals surface area contributed by atoms with E-state index in [0.717, 1.165) is 38.9 Å². The van der Waals surface area contributed by atoms with Crippen molar-refractivity contribution < 1.29 is 23.9 Å². The van der Waals surface area contributed by atoms with Gasteiger partial charge in [-0.25, -0.2) is 0 Å². The number of imide groups is 1. The van der Waals surface area contributed by atoms with E-state index in [-0.39, 0.29) is 24.0 Å². The molecule has 3 aromatic carbocycles. The van der Waals surface area contributed by atoms with Gasteiger partial charge in [0, 0.05) is 11.4 Å². The van der Waals surface area contributed by atoms with E-state index in [4.69, 9.17) is 4.74 Å². The maximum absolute atomic E-state index is 12.9. The number of carbonyl (C=O) groups excluding carboxylic acids is 4. The number of carbonyl (C=O) groups is 4. The van der Waals surface area contributed by atoms with Gasteiger partial charge >= 0.3 is 0 Å². The van der Waals surface area contributed by atoms with Gasteiger partial charge in [-0.3, -0.25) is 24.1 Å². The van der Waals surface area contributed by atoms with Crippen molar-refractivity contribution in [2.45, 2.75) is 27.7 Å². The zero-order chi connectivity index (χ0) is 28.1. The summed E-state index contributed by atoms with van der Waals surface area (Å²) in [5.41, 5.74) is 6.00. The van der Waals surface area contributed by atoms with Crippen LogP contribution >= 0.6 is 11.8 Å². The molecule has 1 aliphatic rings. The van der Waals surface area contributed by atoms with Gasteiger partial charge in [0.15, 0.2) is 6.61 Å². The number of aryl methyl sites for hydroxylation is 4. The molecule has 0 aliphatic carbocycles. The molecular weight excluding hydrogens is 514 g/mol. The van der Waals surface area contributed by atoms with Crippen LogP contribution in [0.1, 0.15) is 27.8 Å². The molecule has 1 fully saturated rings. The normalized spacial score (nSPS) is 14.1. The lowest BCUT2D eigenvalue weighted by Crippen LogP contribution is -2.36. The van der Waals surface area contributed by atoms with Gasteiger partial charge < -0.3 is 15.4 Å². The van der Waals surface area contributed by atoms with E-state index < -0.39 is 17.1 Å². The summed E-state index contributed by atoms with van der Waals surface area (Å²) in [7, 11) is 0. The van der Waals surface area contributed by atoms with Crippen LogP contribution in [0.4, 0.5) is 16.2 Å². The summed E-state index contributed by atoms with van der Waals surface area (Å²) in [4.78, 5) is 51.3. The molecule has 9 heteroatoms. The fourth-order valence-electron chi connectivity index (χ4n) is 4.22. The largest absolute Gasteiger partial charge is 0.484 e. The highest BCUT2D eigenvalue weighted by atomic mass is 32.2. The third kappa shape index (κ3) is 7.14. The topological polar surface area (TPSA) is 105 Å². The first-order valence-corrected chi connectivity index (χ1v) is 13.1. The Balaban J connectivity index is 1.33. The number of hydrogen-bond donors (Lipinski definition) is 2. The molecular formula is C30H29N3O5S. The van der Waals surface area contributed by atoms with E-state index in [2.05, 4.69) is 10.6 Å². The molecule has 39 heavy (non-hydrogen) atoms. The molecule has 8 nitrogen and oxygen atoms in total. The van der Waals surface area contributed by atoms with Crippen molar-refractivity contribution in [3.8, 4) is 5.75 Å². The fourth-order valence-corrected chi connectivity index (χ4v) is 5.05. The lowest BCUT2D eigenvalue weighted by molar-refractivity contribution is -0.127. The molecule has 1 saturated heterocycles. The monoisotopic (exact) mass is 543 g/mol. The van der Waals surface area contributed by atoms with Crippen molar-refractivity contribution in [3.63, 3.8) is 0 Å². The summed E-state index contributed by atoms with van der Waals surface area (Å²) in [5.74, 6) is -0.764. The van der Waals surface area contributed by atoms with Crippen LogP contribution in [0.5, 0.6) is 5.75 Å². The molecule has 1 aliphatic heterocycles. The second kappa shape index (κ2) is 12.0. The van der Waals surface area contributed by atoms with Gasteiger partial charge in [-0.2, -0.15) is 0 Å². The van der Waals surface area contributed by atoms with Crippen LogP contribution in [0.3, 0.4) is 0 Å². The van der Waals surface area contributed by atoms with Crippen molar-refractivity contribution >= 4 is 52.2 Å². The Morgan fingerprint density at radius 2 is 1.56 bits per heavy atom. The van der Waals surface area contributed by atoms with Gasteiger partial charge in [0.1, 0.15) is 12.3 Å². The van der Waals surface area contributed by atoms with Gasteiger partial charge in [-0.05, 0) is 92.1 Å². The molecule has 0 spiro atoms. The maximum Gasteiger partial charge on any atom is 0.294 e. The van der Waals surface area contributed by atoms with Crippen molar-refractivity contribution in [1.29, 1.82) is 0 Å². The third-order valence-electron chi connectivity index (χ3n) is 5.97. The predicted molar refractivity (Wildman–Crippen MR) is 154 cm³/mol. The number of anilines is 2. The SMILES string of the molecule is Cc1cccc(NC(=O)COc2ccc(/C=C3/SC(=O)N(CC(=O)Nc4c(C)cc(C)cc4C)C3=O)cc2)c1. The number of ether oxygens (including phenoxy) is 1. The number of nitrogens with zero attached hydrogens (tertiary/aromatic N) is 1. The Bertz CT molecular complexity index is 1460. The average Bonchev–Trinajstić information content (AvgIpc) is 3.13. The van der Waals surface area contributed by atoms with Crippen molar-refractivity contribution in [3.05, 3.63) is 93.4 Å². The van der Waals surface area contributed by atoms with Crippen LogP contribution in [-0.2, 0) is 14.4 Å². The molecule has 4 rings (SSSR count). The summed E-state index contributed by atoms with van der Waals surface area (Å²) < 4.78 is 5.55. The molecule has 3 aromatic rings. The number of thioether (sulfide) groups is 1. The highest BCUT2D eigenvalue weighted by Crippen LogP contribution is 2.32. The van der Waals surface area contributed by atoms with Gasteiger partial charge in [-0.1, -0.05) is 42.0 Å². The predicted octanol–water partition coefficient (Wildman–Crippen LogP) is 5.61. The summed E-state index contributed by atoms with van der Waals surface area (Å²) in [6.45, 7) is 7.19. The Morgan fingerprint density at radius 3 is 2.23 bits per heavy atom. The first-order chi connectivity index (χ1) is 18.6. The molecule has 0 aromatic heterocycles. The third-order valence-corrected chi connectivity index (χ3v) is 6.87. The lowest BCUT2D eigenvalue weighted by atomic mass is 10.1. The van der Waals surface area contributed by atoms with E-state index >= 15 is 0 Å². The first-order valence-electron chi connectivity index (χ1n) is 12.3. The molecule has 1 heterocycles. The quantitative estimate of drug-likeness (QED) is 0.358. The molecule has 0 radical (unpaired) electrons. The standard InChI is InChI=1S/C30H29N3O5S/c1-18-6-5-7-23(14-18)31-27(35)17-38-24-10-8-22(9-11-24)15-25-29(36)33(30(37)39-25)16-26(34)32-28-20(3)12-19(2)13-21(28)4/h5-15H,16-17H2,1-4H3,(H,31,35)(H,32,34)/b25-15+. The van der Waals surface area contributed by atoms with Crippen LogP contribution in [0.2, 0.25) is 0 Å². The van der Waals surface area contributed by atoms with E-state index in [1.165, 1.54) is 0 Å². The molecule has 200 valence electrons. The Morgan fingerprint density at radius 1 is 0.872 bits per heavy atom. The highest BCUT2D eigenvalue weighted by molar-refractivity contribution is 8.18. The van der Waals surface area contributed by atoms with Gasteiger partial charge in [0.05, 0.1) is 4.91 Å². The number of benzene rings is 3. The Hall–Kier alpha value is -4.37. The second-order valence-electron chi connectivity index (χ2n) is 9.37. The summed E-state index contributed by atoms with van der Waals surface area (Å²) in [6, 6.07) is 18.2. The smallest absolute Gasteiger partial charge is 0.294 e. The Kier molecular flexibility index (Phi) is 8.51. The minimum atomic E-state index is -0.523. The molecule has 0 atom stereocenters. The van der Waals surface area contributed by atoms with Crippen molar-refractivity contribution in [2.75, 3.05) is 23.8 Å². The highest BCUT2D eigenvalue weighted by Gasteiger charge is 2.36. The van der Waals surface area contributed by atoms with Crippen LogP contribution in [0.15, 0.2) is 65.6 Å². The minimum absolute atomic E-state index is 0.157. The van der Waals surface area contributed by atoms with E-state index in [1.54, 1.807) is 36.4 Å². The second-order valence-corrected chi connectivity index (χ2v) is 10.4. The molecule has 0 saturated carbocycles. The maximum atomic E-state index is 12.9. The van der Waals surface area contributed by atoms with E-state index in [0.29, 0.717) is 22.7 Å². The molecule has 0 unspecified atom stereocenters. The van der Waals surface area contributed by atoms with Crippen LogP contribution in [0.25, 0.3) is 6.08 Å². The fraction of sp³-hybridized carbons (Fsp3) is 0.200. The van der Waals surface area contributed by atoms with Crippen LogP contribution in [-0.4, -0.2) is 41.0 Å². The summed E-state index contributed by atoms with van der Waals surface area (Å²) in [5, 5.41) is 5.10. The summed E-state index contributed by atoms with van der Waals surface area (Å²) >= 11 is 0.788. The lowest BCUT2D eigenvalue weighted by Gasteiger charge is -2.15. The van der Waals surface area contributed by atoms with Crippen molar-refractivity contribution in [2.24, 2.45) is 0 Å². The van der Waals surface area contributed by atoms with Gasteiger partial charge in [0.2, 0.25) is 5.91 Å². The van der Waals surface area contributed by atoms with E-state index in [1.807, 2.05) is 58.0 Å². The van der Waals surface area contributed by atoms with Crippen LogP contribution in [0, 0.1) is 27.7 Å². The zero-order valence-electron chi connectivity index (χ0n) is 22.2. The number of amides is 4. The number of hydrogen-bond acceptors (Lipinski definition) is 6. The Labute approximate surface area is 231 Å².